The molecular weight excluding hydrogens is 420 g/mol. The number of halogens is 1. The van der Waals surface area contributed by atoms with Crippen molar-refractivity contribution in [3.63, 3.8) is 0 Å². The van der Waals surface area contributed by atoms with Gasteiger partial charge in [0.1, 0.15) is 11.6 Å². The summed E-state index contributed by atoms with van der Waals surface area (Å²) >= 11 is 3.25. The van der Waals surface area contributed by atoms with Crippen LogP contribution in [-0.2, 0) is 4.79 Å². The summed E-state index contributed by atoms with van der Waals surface area (Å²) in [6, 6.07) is 18.4. The highest BCUT2D eigenvalue weighted by Crippen LogP contribution is 2.36. The average Bonchev–Trinajstić information content (AvgIpc) is 2.70. The minimum absolute atomic E-state index is 0.0299. The minimum atomic E-state index is -0.513. The van der Waals surface area contributed by atoms with E-state index in [-0.39, 0.29) is 17.1 Å². The lowest BCUT2D eigenvalue weighted by molar-refractivity contribution is -0.112. The molecule has 0 atom stereocenters. The highest BCUT2D eigenvalue weighted by Gasteiger charge is 2.13. The number of phenolic OH excluding ortho intramolecular Hbond substituents is 1. The summed E-state index contributed by atoms with van der Waals surface area (Å²) in [6.45, 7) is 2.17. The Hall–Kier alpha value is -3.30. The number of hydrogen-bond acceptors (Lipinski definition) is 4. The molecule has 0 radical (unpaired) electrons. The molecule has 1 amide bonds. The molecule has 28 heavy (non-hydrogen) atoms. The Morgan fingerprint density at radius 3 is 2.75 bits per heavy atom. The van der Waals surface area contributed by atoms with Crippen molar-refractivity contribution in [2.24, 2.45) is 0 Å². The van der Waals surface area contributed by atoms with Crippen LogP contribution in [0.15, 0.2) is 64.6 Å². The molecule has 0 bridgehead atoms. The Labute approximate surface area is 171 Å². The van der Waals surface area contributed by atoms with Gasteiger partial charge in [0.2, 0.25) is 0 Å². The molecule has 6 heteroatoms. The Morgan fingerprint density at radius 2 is 2.00 bits per heavy atom. The molecule has 3 aromatic rings. The van der Waals surface area contributed by atoms with Gasteiger partial charge in [-0.25, -0.2) is 0 Å². The van der Waals surface area contributed by atoms with E-state index in [0.717, 1.165) is 10.8 Å². The van der Waals surface area contributed by atoms with Gasteiger partial charge in [-0.15, -0.1) is 0 Å². The van der Waals surface area contributed by atoms with E-state index in [1.165, 1.54) is 6.08 Å². The third-order valence-electron chi connectivity index (χ3n) is 4.06. The fourth-order valence-electron chi connectivity index (χ4n) is 2.78. The van der Waals surface area contributed by atoms with E-state index in [0.29, 0.717) is 22.3 Å². The van der Waals surface area contributed by atoms with Crippen LogP contribution in [0.4, 0.5) is 5.69 Å². The number of phenols is 1. The normalized spacial score (nSPS) is 11.1. The first kappa shape index (κ1) is 19.5. The van der Waals surface area contributed by atoms with Gasteiger partial charge in [-0.3, -0.25) is 4.79 Å². The monoisotopic (exact) mass is 436 g/mol. The van der Waals surface area contributed by atoms with Crippen molar-refractivity contribution in [3.05, 3.63) is 70.2 Å². The third-order valence-corrected chi connectivity index (χ3v) is 4.67. The molecule has 0 fully saturated rings. The number of nitrogens with zero attached hydrogens (tertiary/aromatic N) is 1. The number of nitrogens with one attached hydrogen (secondary N) is 1. The maximum atomic E-state index is 12.7. The van der Waals surface area contributed by atoms with Crippen LogP contribution in [0.5, 0.6) is 11.5 Å². The second-order valence-electron chi connectivity index (χ2n) is 5.93. The second kappa shape index (κ2) is 8.59. The number of amides is 1. The molecular formula is C22H17BrN2O3. The number of carbonyl (C=O) groups is 1. The highest BCUT2D eigenvalue weighted by molar-refractivity contribution is 9.10. The SMILES string of the molecule is CCOc1cc(C=C(C#N)C(=O)Nc2cccc3ccccc23)cc(Br)c1O. The number of benzene rings is 3. The Balaban J connectivity index is 1.93. The zero-order valence-corrected chi connectivity index (χ0v) is 16.7. The Bertz CT molecular complexity index is 1110. The maximum absolute atomic E-state index is 12.7. The van der Waals surface area contributed by atoms with Crippen molar-refractivity contribution in [2.75, 3.05) is 11.9 Å². The molecule has 2 N–H and O–H groups in total. The summed E-state index contributed by atoms with van der Waals surface area (Å²) in [4.78, 5) is 12.7. The molecule has 140 valence electrons. The summed E-state index contributed by atoms with van der Waals surface area (Å²) in [5.74, 6) is -0.270. The van der Waals surface area contributed by atoms with Crippen LogP contribution in [0.2, 0.25) is 0 Å². The lowest BCUT2D eigenvalue weighted by Gasteiger charge is -2.10. The van der Waals surface area contributed by atoms with E-state index >= 15 is 0 Å². The number of anilines is 1. The minimum Gasteiger partial charge on any atom is -0.503 e. The van der Waals surface area contributed by atoms with E-state index in [2.05, 4.69) is 21.2 Å². The largest absolute Gasteiger partial charge is 0.503 e. The van der Waals surface area contributed by atoms with Gasteiger partial charge in [0.15, 0.2) is 11.5 Å². The zero-order chi connectivity index (χ0) is 20.1. The number of rotatable bonds is 5. The topological polar surface area (TPSA) is 82.3 Å². The van der Waals surface area contributed by atoms with E-state index < -0.39 is 5.91 Å². The molecule has 0 saturated carbocycles. The molecule has 0 heterocycles. The summed E-state index contributed by atoms with van der Waals surface area (Å²) < 4.78 is 5.80. The molecule has 3 aromatic carbocycles. The van der Waals surface area contributed by atoms with Crippen LogP contribution in [0.25, 0.3) is 16.8 Å². The molecule has 0 spiro atoms. The quantitative estimate of drug-likeness (QED) is 0.422. The summed E-state index contributed by atoms with van der Waals surface area (Å²) in [7, 11) is 0. The number of hydrogen-bond donors (Lipinski definition) is 2. The summed E-state index contributed by atoms with van der Waals surface area (Å²) in [6.07, 6.45) is 1.45. The fraction of sp³-hybridized carbons (Fsp3) is 0.0909. The fourth-order valence-corrected chi connectivity index (χ4v) is 3.24. The van der Waals surface area contributed by atoms with Crippen molar-refractivity contribution in [3.8, 4) is 17.6 Å². The lowest BCUT2D eigenvalue weighted by atomic mass is 10.1. The van der Waals surface area contributed by atoms with Gasteiger partial charge in [0, 0.05) is 11.1 Å². The average molecular weight is 437 g/mol. The van der Waals surface area contributed by atoms with Crippen LogP contribution < -0.4 is 10.1 Å². The van der Waals surface area contributed by atoms with Gasteiger partial charge in [0.05, 0.1) is 11.1 Å². The lowest BCUT2D eigenvalue weighted by Crippen LogP contribution is -2.13. The molecule has 3 rings (SSSR count). The van der Waals surface area contributed by atoms with Crippen molar-refractivity contribution < 1.29 is 14.6 Å². The zero-order valence-electron chi connectivity index (χ0n) is 15.1. The van der Waals surface area contributed by atoms with Crippen LogP contribution >= 0.6 is 15.9 Å². The van der Waals surface area contributed by atoms with Gasteiger partial charge >= 0.3 is 0 Å². The highest BCUT2D eigenvalue weighted by atomic mass is 79.9. The molecule has 5 nitrogen and oxygen atoms in total. The second-order valence-corrected chi connectivity index (χ2v) is 6.79. The molecule has 0 unspecified atom stereocenters. The van der Waals surface area contributed by atoms with E-state index in [1.54, 1.807) is 25.1 Å². The van der Waals surface area contributed by atoms with Gasteiger partial charge in [-0.1, -0.05) is 36.4 Å². The number of nitriles is 1. The smallest absolute Gasteiger partial charge is 0.266 e. The number of fused-ring (bicyclic) bond motifs is 1. The summed E-state index contributed by atoms with van der Waals surface area (Å²) in [5, 5.41) is 24.2. The number of aromatic hydroxyl groups is 1. The third kappa shape index (κ3) is 4.16. The Kier molecular flexibility index (Phi) is 5.97. The molecule has 0 aliphatic rings. The Morgan fingerprint density at radius 1 is 1.25 bits per heavy atom. The summed E-state index contributed by atoms with van der Waals surface area (Å²) in [5.41, 5.74) is 1.12. The van der Waals surface area contributed by atoms with Gasteiger partial charge < -0.3 is 15.2 Å². The van der Waals surface area contributed by atoms with E-state index in [9.17, 15) is 15.2 Å². The van der Waals surface area contributed by atoms with Crippen molar-refractivity contribution in [1.29, 1.82) is 5.26 Å². The standard InChI is InChI=1S/C22H17BrN2O3/c1-2-28-20-12-14(11-18(23)21(20)26)10-16(13-24)22(27)25-19-9-5-7-15-6-3-4-8-17(15)19/h3-12,26H,2H2,1H3,(H,25,27). The molecule has 0 aromatic heterocycles. The van der Waals surface area contributed by atoms with Crippen LogP contribution in [0.1, 0.15) is 12.5 Å². The van der Waals surface area contributed by atoms with E-state index in [4.69, 9.17) is 4.74 Å². The predicted octanol–water partition coefficient (Wildman–Crippen LogP) is 5.25. The van der Waals surface area contributed by atoms with Crippen LogP contribution in [0.3, 0.4) is 0 Å². The van der Waals surface area contributed by atoms with Crippen molar-refractivity contribution in [1.82, 2.24) is 0 Å². The van der Waals surface area contributed by atoms with Gasteiger partial charge in [-0.2, -0.15) is 5.26 Å². The number of carbonyl (C=O) groups excluding carboxylic acids is 1. The van der Waals surface area contributed by atoms with Crippen molar-refractivity contribution >= 4 is 44.4 Å². The van der Waals surface area contributed by atoms with Crippen LogP contribution in [0, 0.1) is 11.3 Å². The predicted molar refractivity (Wildman–Crippen MR) is 113 cm³/mol. The molecule has 0 aliphatic heterocycles. The van der Waals surface area contributed by atoms with Gasteiger partial charge in [0.25, 0.3) is 5.91 Å². The first-order valence-electron chi connectivity index (χ1n) is 8.59. The molecule has 0 saturated heterocycles. The number of ether oxygens (including phenoxy) is 1. The van der Waals surface area contributed by atoms with Gasteiger partial charge in [-0.05, 0) is 58.1 Å². The van der Waals surface area contributed by atoms with E-state index in [1.807, 2.05) is 42.5 Å². The van der Waals surface area contributed by atoms with Crippen molar-refractivity contribution in [2.45, 2.75) is 6.92 Å². The molecule has 0 aliphatic carbocycles. The maximum Gasteiger partial charge on any atom is 0.266 e. The first-order valence-corrected chi connectivity index (χ1v) is 9.39. The first-order chi connectivity index (χ1) is 13.5. The van der Waals surface area contributed by atoms with Crippen LogP contribution in [-0.4, -0.2) is 17.6 Å².